The molecule has 1 N–H and O–H groups in total. The van der Waals surface area contributed by atoms with Gasteiger partial charge in [0.25, 0.3) is 0 Å². The Labute approximate surface area is 152 Å². The highest BCUT2D eigenvalue weighted by Gasteiger charge is 2.17. The van der Waals surface area contributed by atoms with Crippen molar-refractivity contribution >= 4 is 23.2 Å². The zero-order valence-corrected chi connectivity index (χ0v) is 15.0. The maximum Gasteiger partial charge on any atom is 0.317 e. The van der Waals surface area contributed by atoms with Crippen molar-refractivity contribution in [1.82, 2.24) is 20.2 Å². The molecule has 0 aliphatic carbocycles. The van der Waals surface area contributed by atoms with Crippen LogP contribution in [0.2, 0.25) is 5.02 Å². The molecule has 0 unspecified atom stereocenters. The molecular formula is C19H21ClN4O. The van der Waals surface area contributed by atoms with Gasteiger partial charge in [0.15, 0.2) is 0 Å². The molecule has 0 saturated carbocycles. The monoisotopic (exact) mass is 356 g/mol. The quantitative estimate of drug-likeness (QED) is 0.912. The molecule has 6 heteroatoms. The van der Waals surface area contributed by atoms with Crippen molar-refractivity contribution in [3.8, 4) is 0 Å². The van der Waals surface area contributed by atoms with Crippen molar-refractivity contribution in [2.75, 3.05) is 19.6 Å². The third kappa shape index (κ3) is 4.79. The molecule has 130 valence electrons. The lowest BCUT2D eigenvalue weighted by Crippen LogP contribution is -2.42. The number of benzene rings is 1. The summed E-state index contributed by atoms with van der Waals surface area (Å²) in [5.41, 5.74) is 4.14. The molecule has 2 aromatic rings. The van der Waals surface area contributed by atoms with E-state index in [0.29, 0.717) is 26.1 Å². The van der Waals surface area contributed by atoms with E-state index in [2.05, 4.69) is 27.4 Å². The number of carbonyl (C=O) groups excluding carboxylic acids is 1. The van der Waals surface area contributed by atoms with Crippen molar-refractivity contribution in [2.24, 2.45) is 0 Å². The first-order chi connectivity index (χ1) is 12.1. The van der Waals surface area contributed by atoms with Gasteiger partial charge in [-0.1, -0.05) is 29.8 Å². The van der Waals surface area contributed by atoms with Gasteiger partial charge in [-0.25, -0.2) is 4.79 Å². The van der Waals surface area contributed by atoms with Gasteiger partial charge in [-0.15, -0.1) is 0 Å². The molecule has 0 radical (unpaired) electrons. The first-order valence-corrected chi connectivity index (χ1v) is 8.75. The van der Waals surface area contributed by atoms with Crippen molar-refractivity contribution in [3.63, 3.8) is 0 Å². The molecule has 0 spiro atoms. The largest absolute Gasteiger partial charge is 0.338 e. The van der Waals surface area contributed by atoms with Crippen LogP contribution in [0.15, 0.2) is 42.7 Å². The number of halogens is 1. The molecule has 0 fully saturated rings. The van der Waals surface area contributed by atoms with Gasteiger partial charge in [0, 0.05) is 43.5 Å². The molecule has 1 aliphatic heterocycles. The third-order valence-electron chi connectivity index (χ3n) is 4.18. The lowest BCUT2D eigenvalue weighted by atomic mass is 10.00. The van der Waals surface area contributed by atoms with Crippen LogP contribution in [0.25, 0.3) is 5.57 Å². The average molecular weight is 357 g/mol. The van der Waals surface area contributed by atoms with Gasteiger partial charge in [0.05, 0.1) is 11.4 Å². The van der Waals surface area contributed by atoms with Gasteiger partial charge in [-0.05, 0) is 36.6 Å². The van der Waals surface area contributed by atoms with Crippen LogP contribution >= 0.6 is 11.6 Å². The number of aromatic nitrogens is 2. The first kappa shape index (κ1) is 17.4. The number of carbonyl (C=O) groups is 1. The van der Waals surface area contributed by atoms with Gasteiger partial charge >= 0.3 is 6.03 Å². The second-order valence-corrected chi connectivity index (χ2v) is 6.50. The Kier molecular flexibility index (Phi) is 5.66. The van der Waals surface area contributed by atoms with E-state index in [1.807, 2.05) is 30.0 Å². The second-order valence-electron chi connectivity index (χ2n) is 6.07. The Bertz CT molecular complexity index is 773. The Hall–Kier alpha value is -2.40. The number of aryl methyl sites for hydroxylation is 1. The second kappa shape index (κ2) is 8.12. The van der Waals surface area contributed by atoms with E-state index in [1.165, 1.54) is 5.57 Å². The van der Waals surface area contributed by atoms with Gasteiger partial charge in [0.1, 0.15) is 0 Å². The smallest absolute Gasteiger partial charge is 0.317 e. The highest BCUT2D eigenvalue weighted by atomic mass is 35.5. The molecule has 5 nitrogen and oxygen atoms in total. The Morgan fingerprint density at radius 2 is 2.20 bits per heavy atom. The lowest BCUT2D eigenvalue weighted by Gasteiger charge is -2.27. The highest BCUT2D eigenvalue weighted by Crippen LogP contribution is 2.24. The first-order valence-electron chi connectivity index (χ1n) is 8.37. The maximum atomic E-state index is 12.3. The Morgan fingerprint density at radius 3 is 2.88 bits per heavy atom. The molecular weight excluding hydrogens is 336 g/mol. The van der Waals surface area contributed by atoms with Crippen LogP contribution in [0.3, 0.4) is 0 Å². The molecule has 1 aromatic heterocycles. The average Bonchev–Trinajstić information content (AvgIpc) is 2.63. The van der Waals surface area contributed by atoms with Gasteiger partial charge in [-0.3, -0.25) is 9.97 Å². The van der Waals surface area contributed by atoms with Crippen molar-refractivity contribution in [3.05, 3.63) is 64.7 Å². The van der Waals surface area contributed by atoms with Gasteiger partial charge < -0.3 is 10.2 Å². The Balaban J connectivity index is 1.48. The number of hydrogen-bond acceptors (Lipinski definition) is 3. The van der Waals surface area contributed by atoms with E-state index in [-0.39, 0.29) is 6.03 Å². The Morgan fingerprint density at radius 1 is 1.32 bits per heavy atom. The number of nitrogens with zero attached hydrogens (tertiary/aromatic N) is 3. The fourth-order valence-corrected chi connectivity index (χ4v) is 2.95. The standard InChI is InChI=1S/C19H21ClN4O/c1-14-12-23-18(13-22-14)5-8-21-19(25)24-9-6-15(7-10-24)16-3-2-4-17(20)11-16/h2-4,6,11-13H,5,7-10H2,1H3,(H,21,25). The molecule has 2 heterocycles. The number of rotatable bonds is 4. The van der Waals surface area contributed by atoms with E-state index in [0.717, 1.165) is 28.4 Å². The van der Waals surface area contributed by atoms with E-state index >= 15 is 0 Å². The van der Waals surface area contributed by atoms with Crippen LogP contribution in [0.4, 0.5) is 4.79 Å². The lowest BCUT2D eigenvalue weighted by molar-refractivity contribution is 0.203. The number of amides is 2. The number of hydrogen-bond donors (Lipinski definition) is 1. The molecule has 1 aromatic carbocycles. The van der Waals surface area contributed by atoms with Crippen LogP contribution in [0, 0.1) is 6.92 Å². The summed E-state index contributed by atoms with van der Waals surface area (Å²) < 4.78 is 0. The van der Waals surface area contributed by atoms with E-state index in [4.69, 9.17) is 11.6 Å². The molecule has 0 atom stereocenters. The molecule has 3 rings (SSSR count). The minimum atomic E-state index is -0.0403. The molecule has 0 saturated heterocycles. The molecule has 0 bridgehead atoms. The predicted octanol–water partition coefficient (Wildman–Crippen LogP) is 3.48. The summed E-state index contributed by atoms with van der Waals surface area (Å²) in [4.78, 5) is 22.6. The predicted molar refractivity (Wildman–Crippen MR) is 99.5 cm³/mol. The van der Waals surface area contributed by atoms with Gasteiger partial charge in [-0.2, -0.15) is 0 Å². The summed E-state index contributed by atoms with van der Waals surface area (Å²) in [5.74, 6) is 0. The summed E-state index contributed by atoms with van der Waals surface area (Å²) in [6.45, 7) is 3.77. The SMILES string of the molecule is Cc1cnc(CCNC(=O)N2CC=C(c3cccc(Cl)c3)CC2)cn1. The van der Waals surface area contributed by atoms with E-state index in [9.17, 15) is 4.79 Å². The summed E-state index contributed by atoms with van der Waals surface area (Å²) in [6, 6.07) is 7.79. The summed E-state index contributed by atoms with van der Waals surface area (Å²) in [6.07, 6.45) is 7.10. The van der Waals surface area contributed by atoms with Crippen LogP contribution in [0.5, 0.6) is 0 Å². The minimum absolute atomic E-state index is 0.0403. The fourth-order valence-electron chi connectivity index (χ4n) is 2.76. The van der Waals surface area contributed by atoms with Crippen molar-refractivity contribution in [1.29, 1.82) is 0 Å². The molecule has 1 aliphatic rings. The molecule has 25 heavy (non-hydrogen) atoms. The van der Waals surface area contributed by atoms with Crippen LogP contribution < -0.4 is 5.32 Å². The zero-order chi connectivity index (χ0) is 17.6. The van der Waals surface area contributed by atoms with E-state index in [1.54, 1.807) is 12.4 Å². The number of nitrogens with one attached hydrogen (secondary N) is 1. The topological polar surface area (TPSA) is 58.1 Å². The summed E-state index contributed by atoms with van der Waals surface area (Å²) >= 11 is 6.05. The maximum absolute atomic E-state index is 12.3. The normalized spacial score (nSPS) is 14.2. The van der Waals surface area contributed by atoms with Crippen LogP contribution in [0.1, 0.15) is 23.4 Å². The van der Waals surface area contributed by atoms with Gasteiger partial charge in [0.2, 0.25) is 0 Å². The van der Waals surface area contributed by atoms with Crippen LogP contribution in [-0.4, -0.2) is 40.5 Å². The third-order valence-corrected chi connectivity index (χ3v) is 4.42. The highest BCUT2D eigenvalue weighted by molar-refractivity contribution is 6.30. The van der Waals surface area contributed by atoms with Crippen molar-refractivity contribution in [2.45, 2.75) is 19.8 Å². The number of urea groups is 1. The summed E-state index contributed by atoms with van der Waals surface area (Å²) in [7, 11) is 0. The molecule has 2 amide bonds. The summed E-state index contributed by atoms with van der Waals surface area (Å²) in [5, 5.41) is 3.68. The van der Waals surface area contributed by atoms with Crippen molar-refractivity contribution < 1.29 is 4.79 Å². The van der Waals surface area contributed by atoms with E-state index < -0.39 is 0 Å². The minimum Gasteiger partial charge on any atom is -0.338 e. The van der Waals surface area contributed by atoms with Crippen LogP contribution in [-0.2, 0) is 6.42 Å². The fraction of sp³-hybridized carbons (Fsp3) is 0.316. The zero-order valence-electron chi connectivity index (χ0n) is 14.2.